The molecule has 1 aromatic rings. The second-order valence-electron chi connectivity index (χ2n) is 4.78. The summed E-state index contributed by atoms with van der Waals surface area (Å²) in [5.41, 5.74) is 5.12. The van der Waals surface area contributed by atoms with E-state index in [1.807, 2.05) is 6.92 Å². The first-order valence-corrected chi connectivity index (χ1v) is 6.14. The Morgan fingerprint density at radius 1 is 1.42 bits per heavy atom. The van der Waals surface area contributed by atoms with E-state index >= 15 is 0 Å². The summed E-state index contributed by atoms with van der Waals surface area (Å²) in [6.45, 7) is 1.94. The average Bonchev–Trinajstić information content (AvgIpc) is 3.15. The minimum Gasteiger partial charge on any atom is -0.366 e. The number of rotatable bonds is 4. The molecule has 0 aromatic heterocycles. The maximum absolute atomic E-state index is 13.3. The van der Waals surface area contributed by atoms with Gasteiger partial charge in [-0.1, -0.05) is 0 Å². The predicted molar refractivity (Wildman–Crippen MR) is 69.3 cm³/mol. The molecule has 0 aliphatic heterocycles. The van der Waals surface area contributed by atoms with Crippen LogP contribution in [0.3, 0.4) is 0 Å². The van der Waals surface area contributed by atoms with Crippen LogP contribution < -0.4 is 16.4 Å². The van der Waals surface area contributed by atoms with Gasteiger partial charge in [-0.25, -0.2) is 9.18 Å². The Labute approximate surface area is 110 Å². The summed E-state index contributed by atoms with van der Waals surface area (Å²) in [5.74, 6) is -1.03. The van der Waals surface area contributed by atoms with Crippen LogP contribution >= 0.6 is 0 Å². The minimum absolute atomic E-state index is 0.107. The van der Waals surface area contributed by atoms with Crippen molar-refractivity contribution in [2.45, 2.75) is 25.8 Å². The third-order valence-corrected chi connectivity index (χ3v) is 3.18. The van der Waals surface area contributed by atoms with Crippen molar-refractivity contribution >= 4 is 17.6 Å². The number of primary amides is 1. The molecule has 1 fully saturated rings. The zero-order valence-corrected chi connectivity index (χ0v) is 10.6. The number of amides is 3. The van der Waals surface area contributed by atoms with Crippen LogP contribution in [-0.4, -0.2) is 18.0 Å². The topological polar surface area (TPSA) is 84.2 Å². The summed E-state index contributed by atoms with van der Waals surface area (Å²) in [6.07, 6.45) is 2.26. The van der Waals surface area contributed by atoms with E-state index in [0.29, 0.717) is 11.6 Å². The number of benzene rings is 1. The Morgan fingerprint density at radius 2 is 2.11 bits per heavy atom. The molecule has 1 atom stereocenters. The van der Waals surface area contributed by atoms with E-state index < -0.39 is 11.7 Å². The molecular formula is C13H16FN3O2. The van der Waals surface area contributed by atoms with Gasteiger partial charge in [-0.2, -0.15) is 0 Å². The van der Waals surface area contributed by atoms with Crippen LogP contribution in [-0.2, 0) is 0 Å². The molecule has 0 spiro atoms. The lowest BCUT2D eigenvalue weighted by atomic mass is 10.2. The molecule has 5 nitrogen and oxygen atoms in total. The molecule has 1 saturated carbocycles. The van der Waals surface area contributed by atoms with Crippen molar-refractivity contribution in [1.29, 1.82) is 0 Å². The highest BCUT2D eigenvalue weighted by Crippen LogP contribution is 2.32. The number of nitrogens with two attached hydrogens (primary N) is 1. The van der Waals surface area contributed by atoms with Crippen LogP contribution in [0.4, 0.5) is 14.9 Å². The molecule has 0 bridgehead atoms. The number of urea groups is 1. The van der Waals surface area contributed by atoms with Crippen LogP contribution in [0.5, 0.6) is 0 Å². The molecule has 6 heteroatoms. The molecule has 2 rings (SSSR count). The molecule has 3 amide bonds. The van der Waals surface area contributed by atoms with Gasteiger partial charge in [-0.05, 0) is 43.9 Å². The van der Waals surface area contributed by atoms with E-state index in [1.165, 1.54) is 12.1 Å². The van der Waals surface area contributed by atoms with Crippen molar-refractivity contribution in [3.8, 4) is 0 Å². The van der Waals surface area contributed by atoms with Gasteiger partial charge in [0.25, 0.3) is 5.91 Å². The fraction of sp³-hybridized carbons (Fsp3) is 0.385. The van der Waals surface area contributed by atoms with E-state index in [4.69, 9.17) is 5.73 Å². The number of anilines is 1. The Hall–Kier alpha value is -2.11. The van der Waals surface area contributed by atoms with Crippen LogP contribution in [0.15, 0.2) is 18.2 Å². The zero-order chi connectivity index (χ0) is 14.0. The van der Waals surface area contributed by atoms with Crippen LogP contribution in [0.2, 0.25) is 0 Å². The smallest absolute Gasteiger partial charge is 0.319 e. The Balaban J connectivity index is 2.00. The summed E-state index contributed by atoms with van der Waals surface area (Å²) in [6, 6.07) is 3.43. The molecule has 102 valence electrons. The second-order valence-corrected chi connectivity index (χ2v) is 4.78. The third-order valence-electron chi connectivity index (χ3n) is 3.18. The van der Waals surface area contributed by atoms with Gasteiger partial charge < -0.3 is 16.4 Å². The highest BCUT2D eigenvalue weighted by molar-refractivity contribution is 5.96. The van der Waals surface area contributed by atoms with Gasteiger partial charge in [-0.3, -0.25) is 4.79 Å². The molecular weight excluding hydrogens is 249 g/mol. The SMILES string of the molecule is CC(NC(=O)Nc1ccc(F)c(C(N)=O)c1)C1CC1. The summed E-state index contributed by atoms with van der Waals surface area (Å²) >= 11 is 0. The maximum Gasteiger partial charge on any atom is 0.319 e. The van der Waals surface area contributed by atoms with Crippen molar-refractivity contribution < 1.29 is 14.0 Å². The molecule has 1 unspecified atom stereocenters. The number of halogens is 1. The second kappa shape index (κ2) is 5.26. The standard InChI is InChI=1S/C13H16FN3O2/c1-7(8-2-3-8)16-13(19)17-9-4-5-11(14)10(6-9)12(15)18/h4-8H,2-3H2,1H3,(H2,15,18)(H2,16,17,19). The van der Waals surface area contributed by atoms with Gasteiger partial charge in [0.1, 0.15) is 5.82 Å². The number of hydrogen-bond acceptors (Lipinski definition) is 2. The summed E-state index contributed by atoms with van der Waals surface area (Å²) in [7, 11) is 0. The molecule has 1 aliphatic rings. The third kappa shape index (κ3) is 3.43. The highest BCUT2D eigenvalue weighted by Gasteiger charge is 2.28. The summed E-state index contributed by atoms with van der Waals surface area (Å²) in [4.78, 5) is 22.7. The van der Waals surface area contributed by atoms with Crippen molar-refractivity contribution in [1.82, 2.24) is 5.32 Å². The lowest BCUT2D eigenvalue weighted by molar-refractivity contribution is 0.0996. The number of carbonyl (C=O) groups is 2. The average molecular weight is 265 g/mol. The number of nitrogens with one attached hydrogen (secondary N) is 2. The summed E-state index contributed by atoms with van der Waals surface area (Å²) in [5, 5.41) is 5.35. The van der Waals surface area contributed by atoms with Gasteiger partial charge in [0.15, 0.2) is 0 Å². The first-order chi connectivity index (χ1) is 8.97. The molecule has 1 aromatic carbocycles. The molecule has 4 N–H and O–H groups in total. The largest absolute Gasteiger partial charge is 0.366 e. The Morgan fingerprint density at radius 3 is 2.68 bits per heavy atom. The van der Waals surface area contributed by atoms with Crippen molar-refractivity contribution in [3.63, 3.8) is 0 Å². The first kappa shape index (κ1) is 13.3. The molecule has 0 heterocycles. The van der Waals surface area contributed by atoms with Crippen molar-refractivity contribution in [2.24, 2.45) is 11.7 Å². The van der Waals surface area contributed by atoms with Gasteiger partial charge in [0, 0.05) is 11.7 Å². The Bertz CT molecular complexity index is 515. The maximum atomic E-state index is 13.3. The molecule has 0 saturated heterocycles. The van der Waals surface area contributed by atoms with E-state index in [-0.39, 0.29) is 17.6 Å². The summed E-state index contributed by atoms with van der Waals surface area (Å²) < 4.78 is 13.3. The van der Waals surface area contributed by atoms with E-state index in [2.05, 4.69) is 10.6 Å². The fourth-order valence-electron chi connectivity index (χ4n) is 1.88. The van der Waals surface area contributed by atoms with E-state index in [0.717, 1.165) is 18.9 Å². The first-order valence-electron chi connectivity index (χ1n) is 6.14. The molecule has 1 aliphatic carbocycles. The van der Waals surface area contributed by atoms with Gasteiger partial charge in [0.05, 0.1) is 5.56 Å². The number of carbonyl (C=O) groups excluding carboxylic acids is 2. The van der Waals surface area contributed by atoms with Gasteiger partial charge in [-0.15, -0.1) is 0 Å². The number of hydrogen-bond donors (Lipinski definition) is 3. The fourth-order valence-corrected chi connectivity index (χ4v) is 1.88. The van der Waals surface area contributed by atoms with Crippen molar-refractivity contribution in [2.75, 3.05) is 5.32 Å². The quantitative estimate of drug-likeness (QED) is 0.776. The van der Waals surface area contributed by atoms with E-state index in [1.54, 1.807) is 0 Å². The lowest BCUT2D eigenvalue weighted by Crippen LogP contribution is -2.37. The highest BCUT2D eigenvalue weighted by atomic mass is 19.1. The Kier molecular flexibility index (Phi) is 3.69. The monoisotopic (exact) mass is 265 g/mol. The van der Waals surface area contributed by atoms with Crippen LogP contribution in [0, 0.1) is 11.7 Å². The predicted octanol–water partition coefficient (Wildman–Crippen LogP) is 1.84. The zero-order valence-electron chi connectivity index (χ0n) is 10.6. The van der Waals surface area contributed by atoms with Crippen LogP contribution in [0.1, 0.15) is 30.1 Å². The van der Waals surface area contributed by atoms with Gasteiger partial charge >= 0.3 is 6.03 Å². The molecule has 19 heavy (non-hydrogen) atoms. The van der Waals surface area contributed by atoms with Crippen LogP contribution in [0.25, 0.3) is 0 Å². The normalized spacial score (nSPS) is 15.7. The lowest BCUT2D eigenvalue weighted by Gasteiger charge is -2.14. The minimum atomic E-state index is -0.868. The van der Waals surface area contributed by atoms with Gasteiger partial charge in [0.2, 0.25) is 0 Å². The van der Waals surface area contributed by atoms with Crippen molar-refractivity contribution in [3.05, 3.63) is 29.6 Å². The molecule has 0 radical (unpaired) electrons. The van der Waals surface area contributed by atoms with E-state index in [9.17, 15) is 14.0 Å².